The molecule has 0 amide bonds. The summed E-state index contributed by atoms with van der Waals surface area (Å²) in [5, 5.41) is 0. The minimum Gasteiger partial charge on any atom is -0.399 e. The van der Waals surface area contributed by atoms with Crippen molar-refractivity contribution in [1.82, 2.24) is 4.98 Å². The number of benzene rings is 1. The van der Waals surface area contributed by atoms with E-state index in [0.29, 0.717) is 11.3 Å². The summed E-state index contributed by atoms with van der Waals surface area (Å²) in [5.74, 6) is -1.01. The molecule has 1 aromatic carbocycles. The average molecular weight is 216 g/mol. The minimum atomic E-state index is -0.617. The van der Waals surface area contributed by atoms with Gasteiger partial charge in [-0.3, -0.25) is 9.78 Å². The fourth-order valence-corrected chi connectivity index (χ4v) is 1.37. The fraction of sp³-hybridized carbons (Fsp3) is 0. The number of nitrogens with zero attached hydrogens (tertiary/aromatic N) is 1. The van der Waals surface area contributed by atoms with Crippen molar-refractivity contribution in [2.45, 2.75) is 0 Å². The Morgan fingerprint density at radius 2 is 2.12 bits per heavy atom. The summed E-state index contributed by atoms with van der Waals surface area (Å²) in [6.45, 7) is 0. The number of hydrogen-bond donors (Lipinski definition) is 1. The molecular formula is C12H9FN2O. The predicted molar refractivity (Wildman–Crippen MR) is 58.5 cm³/mol. The van der Waals surface area contributed by atoms with E-state index in [9.17, 15) is 9.18 Å². The molecule has 0 bridgehead atoms. The molecule has 0 atom stereocenters. The number of pyridine rings is 1. The molecule has 2 aromatic rings. The van der Waals surface area contributed by atoms with Gasteiger partial charge in [-0.2, -0.15) is 0 Å². The maximum atomic E-state index is 13.5. The first-order valence-corrected chi connectivity index (χ1v) is 4.68. The number of halogens is 1. The summed E-state index contributed by atoms with van der Waals surface area (Å²) in [7, 11) is 0. The first kappa shape index (κ1) is 10.3. The predicted octanol–water partition coefficient (Wildman–Crippen LogP) is 2.03. The van der Waals surface area contributed by atoms with Gasteiger partial charge in [-0.1, -0.05) is 0 Å². The standard InChI is InChI=1S/C12H9FN2O/c13-11-6-9(14)3-4-10(11)12(16)8-2-1-5-15-7-8/h1-7H,14H2. The van der Waals surface area contributed by atoms with Gasteiger partial charge in [0, 0.05) is 23.6 Å². The van der Waals surface area contributed by atoms with Crippen molar-refractivity contribution in [2.24, 2.45) is 0 Å². The second kappa shape index (κ2) is 4.10. The van der Waals surface area contributed by atoms with E-state index in [0.717, 1.165) is 6.07 Å². The Bertz CT molecular complexity index is 526. The SMILES string of the molecule is Nc1ccc(C(=O)c2cccnc2)c(F)c1. The number of hydrogen-bond acceptors (Lipinski definition) is 3. The normalized spacial score (nSPS) is 10.1. The molecule has 0 aliphatic heterocycles. The van der Waals surface area contributed by atoms with Crippen LogP contribution in [0.4, 0.5) is 10.1 Å². The van der Waals surface area contributed by atoms with Crippen LogP contribution in [0.5, 0.6) is 0 Å². The Balaban J connectivity index is 2.42. The van der Waals surface area contributed by atoms with Gasteiger partial charge in [0.2, 0.25) is 0 Å². The highest BCUT2D eigenvalue weighted by Crippen LogP contribution is 2.15. The summed E-state index contributed by atoms with van der Waals surface area (Å²) in [5.41, 5.74) is 6.05. The van der Waals surface area contributed by atoms with E-state index in [1.807, 2.05) is 0 Å². The van der Waals surface area contributed by atoms with Gasteiger partial charge in [-0.05, 0) is 30.3 Å². The molecule has 0 radical (unpaired) electrons. The zero-order valence-corrected chi connectivity index (χ0v) is 8.35. The number of aromatic nitrogens is 1. The van der Waals surface area contributed by atoms with E-state index in [2.05, 4.69) is 4.98 Å². The van der Waals surface area contributed by atoms with Gasteiger partial charge in [-0.15, -0.1) is 0 Å². The molecular weight excluding hydrogens is 207 g/mol. The molecule has 2 N–H and O–H groups in total. The van der Waals surface area contributed by atoms with E-state index in [1.54, 1.807) is 18.3 Å². The van der Waals surface area contributed by atoms with Crippen LogP contribution < -0.4 is 5.73 Å². The van der Waals surface area contributed by atoms with E-state index < -0.39 is 11.6 Å². The van der Waals surface area contributed by atoms with Crippen LogP contribution in [0.2, 0.25) is 0 Å². The van der Waals surface area contributed by atoms with Crippen LogP contribution in [0, 0.1) is 5.82 Å². The lowest BCUT2D eigenvalue weighted by Crippen LogP contribution is -2.05. The summed E-state index contributed by atoms with van der Waals surface area (Å²) < 4.78 is 13.5. The van der Waals surface area contributed by atoms with Crippen LogP contribution in [0.1, 0.15) is 15.9 Å². The third-order valence-electron chi connectivity index (χ3n) is 2.16. The van der Waals surface area contributed by atoms with Gasteiger partial charge >= 0.3 is 0 Å². The first-order chi connectivity index (χ1) is 7.68. The highest BCUT2D eigenvalue weighted by atomic mass is 19.1. The molecule has 0 aliphatic carbocycles. The van der Waals surface area contributed by atoms with Crippen molar-refractivity contribution < 1.29 is 9.18 Å². The molecule has 4 heteroatoms. The highest BCUT2D eigenvalue weighted by Gasteiger charge is 2.13. The van der Waals surface area contributed by atoms with Gasteiger partial charge in [0.05, 0.1) is 5.56 Å². The van der Waals surface area contributed by atoms with Crippen molar-refractivity contribution >= 4 is 11.5 Å². The quantitative estimate of drug-likeness (QED) is 0.617. The van der Waals surface area contributed by atoms with Crippen molar-refractivity contribution in [1.29, 1.82) is 0 Å². The summed E-state index contributed by atoms with van der Waals surface area (Å²) in [6, 6.07) is 7.21. The monoisotopic (exact) mass is 216 g/mol. The number of carbonyl (C=O) groups excluding carboxylic acids is 1. The van der Waals surface area contributed by atoms with Gasteiger partial charge in [-0.25, -0.2) is 4.39 Å². The Labute approximate surface area is 91.7 Å². The Hall–Kier alpha value is -2.23. The summed E-state index contributed by atoms with van der Waals surface area (Å²) in [4.78, 5) is 15.7. The van der Waals surface area contributed by atoms with E-state index in [1.165, 1.54) is 18.3 Å². The van der Waals surface area contributed by atoms with E-state index >= 15 is 0 Å². The van der Waals surface area contributed by atoms with Crippen molar-refractivity contribution in [3.8, 4) is 0 Å². The van der Waals surface area contributed by atoms with Gasteiger partial charge in [0.1, 0.15) is 5.82 Å². The largest absolute Gasteiger partial charge is 0.399 e. The average Bonchev–Trinajstić information content (AvgIpc) is 2.29. The van der Waals surface area contributed by atoms with Crippen molar-refractivity contribution in [3.05, 3.63) is 59.7 Å². The molecule has 80 valence electrons. The highest BCUT2D eigenvalue weighted by molar-refractivity contribution is 6.09. The number of anilines is 1. The maximum Gasteiger partial charge on any atom is 0.197 e. The molecule has 1 heterocycles. The lowest BCUT2D eigenvalue weighted by atomic mass is 10.0. The molecule has 0 fully saturated rings. The molecule has 0 unspecified atom stereocenters. The fourth-order valence-electron chi connectivity index (χ4n) is 1.37. The second-order valence-electron chi connectivity index (χ2n) is 3.31. The number of ketones is 1. The zero-order valence-electron chi connectivity index (χ0n) is 8.35. The summed E-state index contributed by atoms with van der Waals surface area (Å²) in [6.07, 6.45) is 2.95. The van der Waals surface area contributed by atoms with Crippen molar-refractivity contribution in [3.63, 3.8) is 0 Å². The molecule has 1 aromatic heterocycles. The van der Waals surface area contributed by atoms with Crippen LogP contribution in [0.3, 0.4) is 0 Å². The molecule has 0 aliphatic rings. The van der Waals surface area contributed by atoms with Gasteiger partial charge in [0.15, 0.2) is 5.78 Å². The van der Waals surface area contributed by atoms with Crippen LogP contribution >= 0.6 is 0 Å². The van der Waals surface area contributed by atoms with Crippen molar-refractivity contribution in [2.75, 3.05) is 5.73 Å². The number of nitrogen functional groups attached to an aromatic ring is 1. The Morgan fingerprint density at radius 1 is 1.31 bits per heavy atom. The first-order valence-electron chi connectivity index (χ1n) is 4.68. The molecule has 3 nitrogen and oxygen atoms in total. The second-order valence-corrected chi connectivity index (χ2v) is 3.31. The molecule has 0 saturated carbocycles. The smallest absolute Gasteiger partial charge is 0.197 e. The Kier molecular flexibility index (Phi) is 2.64. The molecule has 0 spiro atoms. The molecule has 0 saturated heterocycles. The number of rotatable bonds is 2. The number of carbonyl (C=O) groups is 1. The minimum absolute atomic E-state index is 0.00204. The van der Waals surface area contributed by atoms with Gasteiger partial charge < -0.3 is 5.73 Å². The third kappa shape index (κ3) is 1.91. The molecule has 2 rings (SSSR count). The topological polar surface area (TPSA) is 56.0 Å². The lowest BCUT2D eigenvalue weighted by molar-refractivity contribution is 0.103. The van der Waals surface area contributed by atoms with Crippen LogP contribution in [0.25, 0.3) is 0 Å². The van der Waals surface area contributed by atoms with Crippen LogP contribution in [0.15, 0.2) is 42.7 Å². The molecule has 16 heavy (non-hydrogen) atoms. The van der Waals surface area contributed by atoms with E-state index in [-0.39, 0.29) is 5.56 Å². The van der Waals surface area contributed by atoms with Crippen LogP contribution in [-0.4, -0.2) is 10.8 Å². The zero-order chi connectivity index (χ0) is 11.5. The van der Waals surface area contributed by atoms with Crippen LogP contribution in [-0.2, 0) is 0 Å². The summed E-state index contributed by atoms with van der Waals surface area (Å²) >= 11 is 0. The maximum absolute atomic E-state index is 13.5. The van der Waals surface area contributed by atoms with E-state index in [4.69, 9.17) is 5.73 Å². The lowest BCUT2D eigenvalue weighted by Gasteiger charge is -2.02. The third-order valence-corrected chi connectivity index (χ3v) is 2.16. The Morgan fingerprint density at radius 3 is 2.75 bits per heavy atom. The number of nitrogens with two attached hydrogens (primary N) is 1. The van der Waals surface area contributed by atoms with Gasteiger partial charge in [0.25, 0.3) is 0 Å².